The summed E-state index contributed by atoms with van der Waals surface area (Å²) < 4.78 is 4.63. The number of fused-ring (bicyclic) bond motifs is 4. The molecule has 1 aliphatic rings. The number of benzene rings is 6. The second-order valence-corrected chi connectivity index (χ2v) is 15.7. The van der Waals surface area contributed by atoms with Gasteiger partial charge in [-0.2, -0.15) is 5.10 Å². The van der Waals surface area contributed by atoms with E-state index in [4.69, 9.17) is 5.10 Å². The first-order chi connectivity index (χ1) is 25.6. The maximum absolute atomic E-state index is 5.56. The summed E-state index contributed by atoms with van der Waals surface area (Å²) >= 11 is 0. The van der Waals surface area contributed by atoms with Crippen molar-refractivity contribution in [1.29, 1.82) is 0 Å². The molecular formula is C48H45N5. The van der Waals surface area contributed by atoms with Gasteiger partial charge in [-0.1, -0.05) is 111 Å². The summed E-state index contributed by atoms with van der Waals surface area (Å²) in [7, 11) is 2.16. The van der Waals surface area contributed by atoms with Gasteiger partial charge in [0.15, 0.2) is 0 Å². The quantitative estimate of drug-likeness (QED) is 0.180. The Hall–Kier alpha value is -6.07. The van der Waals surface area contributed by atoms with Crippen LogP contribution in [0.2, 0.25) is 0 Å². The van der Waals surface area contributed by atoms with Crippen LogP contribution in [0.1, 0.15) is 43.2 Å². The highest BCUT2D eigenvalue weighted by Crippen LogP contribution is 2.45. The Bertz CT molecular complexity index is 2660. The molecule has 0 atom stereocenters. The molecule has 5 heteroatoms. The number of hydrogen-bond donors (Lipinski definition) is 0. The summed E-state index contributed by atoms with van der Waals surface area (Å²) in [5.41, 5.74) is 17.6. The Labute approximate surface area is 312 Å². The Morgan fingerprint density at radius 3 is 1.98 bits per heavy atom. The van der Waals surface area contributed by atoms with Crippen molar-refractivity contribution in [2.45, 2.75) is 47.0 Å². The number of nitrogens with zero attached hydrogens (tertiary/aromatic N) is 5. The van der Waals surface area contributed by atoms with Crippen molar-refractivity contribution in [2.75, 3.05) is 23.5 Å². The molecule has 1 aliphatic heterocycles. The number of aryl methyl sites for hydroxylation is 3. The van der Waals surface area contributed by atoms with Crippen LogP contribution in [0.3, 0.4) is 0 Å². The van der Waals surface area contributed by atoms with Gasteiger partial charge in [0.25, 0.3) is 0 Å². The second kappa shape index (κ2) is 12.3. The average molecular weight is 692 g/mol. The molecule has 0 N–H and O–H groups in total. The lowest BCUT2D eigenvalue weighted by atomic mass is 9.82. The molecule has 2 aromatic heterocycles. The summed E-state index contributed by atoms with van der Waals surface area (Å²) in [6.07, 6.45) is 0. The highest BCUT2D eigenvalue weighted by atomic mass is 15.4. The van der Waals surface area contributed by atoms with Crippen LogP contribution in [-0.2, 0) is 5.41 Å². The summed E-state index contributed by atoms with van der Waals surface area (Å²) in [4.78, 5) is 4.71. The van der Waals surface area contributed by atoms with E-state index < -0.39 is 0 Å². The normalized spacial score (nSPS) is 13.0. The fourth-order valence-electron chi connectivity index (χ4n) is 8.57. The SMILES string of the molecule is Cc1cc(C)c(-c2c(C(C)(C)C)nn(-c3ccc4c5ccccc5n(-c5cccc(N6CN(C)c7ccccc76)c5)c4c3)c2-c2ccccc2)c(C)c1. The lowest BCUT2D eigenvalue weighted by Gasteiger charge is -2.21. The molecule has 0 aliphatic carbocycles. The van der Waals surface area contributed by atoms with Gasteiger partial charge in [0, 0.05) is 45.7 Å². The third-order valence-corrected chi connectivity index (χ3v) is 10.8. The number of rotatable bonds is 5. The van der Waals surface area contributed by atoms with Crippen LogP contribution < -0.4 is 9.80 Å². The van der Waals surface area contributed by atoms with E-state index in [1.807, 2.05) is 0 Å². The minimum absolute atomic E-state index is 0.199. The molecule has 0 unspecified atom stereocenters. The van der Waals surface area contributed by atoms with Crippen LogP contribution in [0.5, 0.6) is 0 Å². The molecule has 0 saturated heterocycles. The molecule has 9 rings (SSSR count). The zero-order valence-electron chi connectivity index (χ0n) is 31.6. The largest absolute Gasteiger partial charge is 0.355 e. The van der Waals surface area contributed by atoms with Gasteiger partial charge in [-0.25, -0.2) is 4.68 Å². The zero-order chi connectivity index (χ0) is 36.6. The van der Waals surface area contributed by atoms with Crippen molar-refractivity contribution in [3.05, 3.63) is 156 Å². The topological polar surface area (TPSA) is 29.2 Å². The van der Waals surface area contributed by atoms with E-state index in [0.717, 1.165) is 40.5 Å². The lowest BCUT2D eigenvalue weighted by molar-refractivity contribution is 0.562. The fourth-order valence-corrected chi connectivity index (χ4v) is 8.57. The van der Waals surface area contributed by atoms with E-state index in [0.29, 0.717) is 0 Å². The molecule has 0 amide bonds. The minimum atomic E-state index is -0.199. The monoisotopic (exact) mass is 691 g/mol. The summed E-state index contributed by atoms with van der Waals surface area (Å²) in [6, 6.07) is 48.7. The number of aromatic nitrogens is 3. The van der Waals surface area contributed by atoms with E-state index >= 15 is 0 Å². The van der Waals surface area contributed by atoms with Crippen molar-refractivity contribution in [2.24, 2.45) is 0 Å². The molecule has 0 bridgehead atoms. The molecule has 0 radical (unpaired) electrons. The Morgan fingerprint density at radius 2 is 1.23 bits per heavy atom. The highest BCUT2D eigenvalue weighted by Gasteiger charge is 2.31. The van der Waals surface area contributed by atoms with Crippen molar-refractivity contribution >= 4 is 38.9 Å². The van der Waals surface area contributed by atoms with Gasteiger partial charge in [0.1, 0.15) is 0 Å². The van der Waals surface area contributed by atoms with Crippen molar-refractivity contribution < 1.29 is 0 Å². The number of anilines is 3. The third kappa shape index (κ3) is 5.33. The van der Waals surface area contributed by atoms with E-state index in [2.05, 4.69) is 201 Å². The Morgan fingerprint density at radius 1 is 0.566 bits per heavy atom. The van der Waals surface area contributed by atoms with Gasteiger partial charge in [0.05, 0.1) is 46.2 Å². The average Bonchev–Trinajstić information content (AvgIpc) is 3.81. The summed E-state index contributed by atoms with van der Waals surface area (Å²) in [5.74, 6) is 0. The first kappa shape index (κ1) is 32.8. The van der Waals surface area contributed by atoms with Crippen LogP contribution in [0.4, 0.5) is 17.1 Å². The van der Waals surface area contributed by atoms with Gasteiger partial charge in [-0.05, 0) is 86.0 Å². The van der Waals surface area contributed by atoms with Gasteiger partial charge in [-0.3, -0.25) is 0 Å². The van der Waals surface area contributed by atoms with E-state index in [-0.39, 0.29) is 5.41 Å². The predicted molar refractivity (Wildman–Crippen MR) is 224 cm³/mol. The molecule has 0 fully saturated rings. The van der Waals surface area contributed by atoms with Crippen molar-refractivity contribution in [3.8, 4) is 33.8 Å². The minimum Gasteiger partial charge on any atom is -0.355 e. The zero-order valence-corrected chi connectivity index (χ0v) is 31.6. The molecule has 5 nitrogen and oxygen atoms in total. The van der Waals surface area contributed by atoms with Crippen molar-refractivity contribution in [3.63, 3.8) is 0 Å². The molecule has 3 heterocycles. The van der Waals surface area contributed by atoms with E-state index in [1.165, 1.54) is 61.2 Å². The summed E-state index contributed by atoms with van der Waals surface area (Å²) in [6.45, 7) is 14.3. The first-order valence-corrected chi connectivity index (χ1v) is 18.6. The summed E-state index contributed by atoms with van der Waals surface area (Å²) in [5, 5.41) is 8.01. The molecule has 262 valence electrons. The molecule has 0 spiro atoms. The van der Waals surface area contributed by atoms with Crippen molar-refractivity contribution in [1.82, 2.24) is 14.3 Å². The Balaban J connectivity index is 1.30. The molecule has 8 aromatic rings. The first-order valence-electron chi connectivity index (χ1n) is 18.6. The highest BCUT2D eigenvalue weighted by molar-refractivity contribution is 6.10. The molecule has 6 aromatic carbocycles. The van der Waals surface area contributed by atoms with E-state index in [1.54, 1.807) is 0 Å². The second-order valence-electron chi connectivity index (χ2n) is 15.7. The van der Waals surface area contributed by atoms with Gasteiger partial charge < -0.3 is 14.4 Å². The van der Waals surface area contributed by atoms with Gasteiger partial charge >= 0.3 is 0 Å². The molecule has 0 saturated carbocycles. The number of hydrogen-bond acceptors (Lipinski definition) is 3. The standard InChI is InChI=1S/C48H45N5/c1-31-26-32(2)44(33(3)27-31)45-46(34-16-9-8-10-17-34)53(49-47(45)48(4,5)6)37-24-25-39-38-20-11-12-21-40(38)52(43(39)29-37)36-19-15-18-35(28-36)51-30-50(7)41-22-13-14-23-42(41)51/h8-29H,30H2,1-7H3. The van der Waals surface area contributed by atoms with Crippen LogP contribution in [0, 0.1) is 20.8 Å². The molecule has 53 heavy (non-hydrogen) atoms. The maximum atomic E-state index is 5.56. The fraction of sp³-hybridized carbons (Fsp3) is 0.188. The van der Waals surface area contributed by atoms with Crippen LogP contribution in [-0.4, -0.2) is 28.1 Å². The van der Waals surface area contributed by atoms with E-state index in [9.17, 15) is 0 Å². The number of para-hydroxylation sites is 3. The smallest absolute Gasteiger partial charge is 0.0950 e. The van der Waals surface area contributed by atoms with Crippen LogP contribution in [0.25, 0.3) is 55.6 Å². The van der Waals surface area contributed by atoms with Gasteiger partial charge in [0.2, 0.25) is 0 Å². The lowest BCUT2D eigenvalue weighted by Crippen LogP contribution is -2.24. The Kier molecular flexibility index (Phi) is 7.60. The predicted octanol–water partition coefficient (Wildman–Crippen LogP) is 12.1. The van der Waals surface area contributed by atoms with Gasteiger partial charge in [-0.15, -0.1) is 0 Å². The maximum Gasteiger partial charge on any atom is 0.0950 e. The van der Waals surface area contributed by atoms with Crippen LogP contribution in [0.15, 0.2) is 133 Å². The van der Waals surface area contributed by atoms with Crippen LogP contribution >= 0.6 is 0 Å². The third-order valence-electron chi connectivity index (χ3n) is 10.8. The molecular weight excluding hydrogens is 647 g/mol.